The fraction of sp³-hybridized carbons (Fsp3) is 0.150. The van der Waals surface area contributed by atoms with Crippen molar-refractivity contribution in [3.8, 4) is 10.4 Å². The van der Waals surface area contributed by atoms with Crippen LogP contribution in [0.2, 0.25) is 0 Å². The molecular weight excluding hydrogens is 424 g/mol. The molecule has 136 valence electrons. The normalized spacial score (nSPS) is 12.3. The first-order valence-electron chi connectivity index (χ1n) is 8.48. The van der Waals surface area contributed by atoms with Crippen molar-refractivity contribution in [2.45, 2.75) is 19.9 Å². The molecule has 0 radical (unpaired) electrons. The lowest BCUT2D eigenvalue weighted by Gasteiger charge is -2.15. The second-order valence-corrected chi connectivity index (χ2v) is 8.14. The van der Waals surface area contributed by atoms with E-state index in [9.17, 15) is 4.79 Å². The van der Waals surface area contributed by atoms with Crippen LogP contribution in [0.4, 0.5) is 0 Å². The number of nitrogens with one attached hydrogen (secondary N) is 1. The van der Waals surface area contributed by atoms with Gasteiger partial charge in [0, 0.05) is 15.5 Å². The van der Waals surface area contributed by atoms with Crippen LogP contribution in [0, 0.1) is 6.92 Å². The van der Waals surface area contributed by atoms with Crippen LogP contribution in [0.1, 0.15) is 34.6 Å². The molecule has 27 heavy (non-hydrogen) atoms. The molecule has 0 fully saturated rings. The molecule has 3 heterocycles. The van der Waals surface area contributed by atoms with Crippen molar-refractivity contribution in [3.63, 3.8) is 0 Å². The second-order valence-electron chi connectivity index (χ2n) is 6.27. The first-order valence-corrected chi connectivity index (χ1v) is 10.2. The van der Waals surface area contributed by atoms with Gasteiger partial charge >= 0.3 is 0 Å². The van der Waals surface area contributed by atoms with Gasteiger partial charge in [-0.15, -0.1) is 11.3 Å². The predicted octanol–water partition coefficient (Wildman–Crippen LogP) is 5.02. The van der Waals surface area contributed by atoms with Gasteiger partial charge in [0.15, 0.2) is 5.65 Å². The maximum atomic E-state index is 12.8. The maximum absolute atomic E-state index is 12.8. The summed E-state index contributed by atoms with van der Waals surface area (Å²) in [6.07, 6.45) is 3.43. The largest absolute Gasteiger partial charge is 0.345 e. The second kappa shape index (κ2) is 7.25. The number of aromatic nitrogens is 3. The number of hydrogen-bond acceptors (Lipinski definition) is 4. The lowest BCUT2D eigenvalue weighted by atomic mass is 10.1. The third kappa shape index (κ3) is 3.40. The van der Waals surface area contributed by atoms with Gasteiger partial charge < -0.3 is 5.32 Å². The van der Waals surface area contributed by atoms with Gasteiger partial charge in [-0.3, -0.25) is 4.79 Å². The lowest BCUT2D eigenvalue weighted by Crippen LogP contribution is -2.28. The highest BCUT2D eigenvalue weighted by molar-refractivity contribution is 9.10. The van der Waals surface area contributed by atoms with Gasteiger partial charge in [0.2, 0.25) is 0 Å². The molecule has 1 atom stereocenters. The van der Waals surface area contributed by atoms with E-state index in [0.29, 0.717) is 5.56 Å². The lowest BCUT2D eigenvalue weighted by molar-refractivity contribution is 0.0938. The smallest absolute Gasteiger partial charge is 0.255 e. The molecule has 4 aromatic rings. The number of carbonyl (C=O) groups is 1. The Morgan fingerprint density at radius 1 is 1.22 bits per heavy atom. The first-order chi connectivity index (χ1) is 13.0. The fourth-order valence-electron chi connectivity index (χ4n) is 2.98. The zero-order valence-corrected chi connectivity index (χ0v) is 17.2. The summed E-state index contributed by atoms with van der Waals surface area (Å²) in [6.45, 7) is 3.85. The van der Waals surface area contributed by atoms with Crippen molar-refractivity contribution in [1.29, 1.82) is 0 Å². The van der Waals surface area contributed by atoms with Crippen LogP contribution in [0.15, 0.2) is 58.6 Å². The Kier molecular flexibility index (Phi) is 4.80. The molecule has 5 nitrogen and oxygen atoms in total. The summed E-state index contributed by atoms with van der Waals surface area (Å²) in [4.78, 5) is 18.4. The summed E-state index contributed by atoms with van der Waals surface area (Å²) in [5.41, 5.74) is 4.06. The molecule has 0 aliphatic carbocycles. The number of nitrogens with zero attached hydrogens (tertiary/aromatic N) is 3. The van der Waals surface area contributed by atoms with E-state index in [0.717, 1.165) is 31.8 Å². The van der Waals surface area contributed by atoms with Crippen LogP contribution in [-0.4, -0.2) is 20.5 Å². The molecule has 1 aromatic carbocycles. The Labute approximate surface area is 169 Å². The topological polar surface area (TPSA) is 59.3 Å². The van der Waals surface area contributed by atoms with Crippen LogP contribution in [0.3, 0.4) is 0 Å². The molecule has 0 spiro atoms. The molecule has 4 rings (SSSR count). The quantitative estimate of drug-likeness (QED) is 0.484. The number of rotatable bonds is 4. The summed E-state index contributed by atoms with van der Waals surface area (Å²) >= 11 is 5.07. The number of aryl methyl sites for hydroxylation is 1. The Morgan fingerprint density at radius 2 is 2.00 bits per heavy atom. The Morgan fingerprint density at radius 3 is 2.70 bits per heavy atom. The van der Waals surface area contributed by atoms with Gasteiger partial charge in [-0.1, -0.05) is 34.1 Å². The minimum atomic E-state index is -0.162. The summed E-state index contributed by atoms with van der Waals surface area (Å²) in [6, 6.07) is 11.8. The van der Waals surface area contributed by atoms with E-state index in [1.807, 2.05) is 55.6 Å². The highest BCUT2D eigenvalue weighted by Crippen LogP contribution is 2.28. The van der Waals surface area contributed by atoms with E-state index in [-0.39, 0.29) is 11.9 Å². The molecule has 7 heteroatoms. The van der Waals surface area contributed by atoms with Crippen molar-refractivity contribution < 1.29 is 4.79 Å². The molecular formula is C20H17BrN4OS. The highest BCUT2D eigenvalue weighted by atomic mass is 79.9. The predicted molar refractivity (Wildman–Crippen MR) is 111 cm³/mol. The Hall–Kier alpha value is -2.51. The summed E-state index contributed by atoms with van der Waals surface area (Å²) in [7, 11) is 0. The van der Waals surface area contributed by atoms with E-state index in [2.05, 4.69) is 31.3 Å². The van der Waals surface area contributed by atoms with Crippen LogP contribution >= 0.6 is 27.3 Å². The van der Waals surface area contributed by atoms with Crippen molar-refractivity contribution in [2.24, 2.45) is 0 Å². The molecule has 3 aromatic heterocycles. The van der Waals surface area contributed by atoms with Crippen LogP contribution in [-0.2, 0) is 0 Å². The number of halogens is 1. The molecule has 0 aliphatic heterocycles. The molecule has 1 amide bonds. The molecule has 0 saturated heterocycles. The van der Waals surface area contributed by atoms with Crippen LogP contribution in [0.25, 0.3) is 16.1 Å². The van der Waals surface area contributed by atoms with Crippen molar-refractivity contribution >= 4 is 38.8 Å². The number of benzene rings is 1. The van der Waals surface area contributed by atoms with Gasteiger partial charge in [-0.25, -0.2) is 9.50 Å². The number of carbonyl (C=O) groups excluding carboxylic acids is 1. The zero-order valence-electron chi connectivity index (χ0n) is 14.8. The SMILES string of the molecule is Cc1c(C(=O)NC(C)c2ccc(Br)cc2)cnc2c(-c3cccs3)cnn12. The summed E-state index contributed by atoms with van der Waals surface area (Å²) in [5, 5.41) is 9.50. The molecule has 0 saturated carbocycles. The maximum Gasteiger partial charge on any atom is 0.255 e. The van der Waals surface area contributed by atoms with E-state index in [4.69, 9.17) is 0 Å². The van der Waals surface area contributed by atoms with E-state index < -0.39 is 0 Å². The van der Waals surface area contributed by atoms with Crippen molar-refractivity contribution in [2.75, 3.05) is 0 Å². The zero-order chi connectivity index (χ0) is 19.0. The van der Waals surface area contributed by atoms with E-state index in [1.165, 1.54) is 0 Å². The van der Waals surface area contributed by atoms with Crippen LogP contribution < -0.4 is 5.32 Å². The number of thiophene rings is 1. The van der Waals surface area contributed by atoms with Gasteiger partial charge in [-0.2, -0.15) is 5.10 Å². The van der Waals surface area contributed by atoms with E-state index in [1.54, 1.807) is 28.2 Å². The third-order valence-corrected chi connectivity index (χ3v) is 5.95. The number of hydrogen-bond donors (Lipinski definition) is 1. The summed E-state index contributed by atoms with van der Waals surface area (Å²) in [5.74, 6) is -0.162. The van der Waals surface area contributed by atoms with E-state index >= 15 is 0 Å². The van der Waals surface area contributed by atoms with Crippen molar-refractivity contribution in [3.05, 3.63) is 75.5 Å². The van der Waals surface area contributed by atoms with Gasteiger partial charge in [-0.05, 0) is 43.0 Å². The van der Waals surface area contributed by atoms with Gasteiger partial charge in [0.25, 0.3) is 5.91 Å². The Balaban J connectivity index is 1.62. The van der Waals surface area contributed by atoms with Crippen molar-refractivity contribution in [1.82, 2.24) is 19.9 Å². The van der Waals surface area contributed by atoms with Gasteiger partial charge in [0.05, 0.1) is 29.1 Å². The summed E-state index contributed by atoms with van der Waals surface area (Å²) < 4.78 is 2.74. The molecule has 0 bridgehead atoms. The van der Waals surface area contributed by atoms with Gasteiger partial charge in [0.1, 0.15) is 0 Å². The molecule has 0 aliphatic rings. The standard InChI is InChI=1S/C20H17BrN4OS/c1-12(14-5-7-15(21)8-6-14)24-20(26)16-10-22-19-17(18-4-3-9-27-18)11-23-25(19)13(16)2/h3-12H,1-2H3,(H,24,26). The third-order valence-electron chi connectivity index (χ3n) is 4.52. The minimum Gasteiger partial charge on any atom is -0.345 e. The molecule has 1 unspecified atom stereocenters. The average molecular weight is 441 g/mol. The monoisotopic (exact) mass is 440 g/mol. The van der Waals surface area contributed by atoms with Crippen LogP contribution in [0.5, 0.6) is 0 Å². The average Bonchev–Trinajstić information content (AvgIpc) is 3.32. The minimum absolute atomic E-state index is 0.111. The highest BCUT2D eigenvalue weighted by Gasteiger charge is 2.18. The first kappa shape index (κ1) is 17.9. The molecule has 1 N–H and O–H groups in total. The fourth-order valence-corrected chi connectivity index (χ4v) is 3.98. The number of fused-ring (bicyclic) bond motifs is 1. The number of amides is 1. The Bertz CT molecular complexity index is 1100.